The fourth-order valence-corrected chi connectivity index (χ4v) is 5.07. The van der Waals surface area contributed by atoms with Crippen LogP contribution in [0.5, 0.6) is 0 Å². The Labute approximate surface area is 204 Å². The number of ether oxygens (including phenoxy) is 1. The van der Waals surface area contributed by atoms with E-state index in [1.165, 1.54) is 22.9 Å². The normalized spacial score (nSPS) is 15.8. The summed E-state index contributed by atoms with van der Waals surface area (Å²) >= 11 is 2.69. The lowest BCUT2D eigenvalue weighted by Gasteiger charge is -2.33. The number of anilines is 1. The Morgan fingerprint density at radius 3 is 2.42 bits per heavy atom. The number of carbonyl (C=O) groups excluding carboxylic acids is 1. The molecule has 1 aliphatic rings. The standard InChI is InChI=1S/C23H32N6O2S2/c1-9-23(6,7)20(30)31-15-10-12-29(13-11-15)21-25-17(22(3,4)5)19(32-21)27-26-18-16(24-8)14(2)28-33-18/h15H,9-13H2,1-7H3/b27-26+. The third-order valence-corrected chi connectivity index (χ3v) is 7.70. The van der Waals surface area contributed by atoms with Crippen LogP contribution >= 0.6 is 22.9 Å². The van der Waals surface area contributed by atoms with Crippen LogP contribution < -0.4 is 4.90 Å². The number of esters is 1. The van der Waals surface area contributed by atoms with E-state index in [-0.39, 0.29) is 17.5 Å². The zero-order valence-electron chi connectivity index (χ0n) is 20.4. The molecule has 0 atom stereocenters. The summed E-state index contributed by atoms with van der Waals surface area (Å²) in [6.07, 6.45) is 2.26. The molecule has 0 aliphatic carbocycles. The van der Waals surface area contributed by atoms with Gasteiger partial charge < -0.3 is 9.64 Å². The van der Waals surface area contributed by atoms with Gasteiger partial charge >= 0.3 is 5.97 Å². The van der Waals surface area contributed by atoms with Gasteiger partial charge in [0.05, 0.1) is 23.4 Å². The van der Waals surface area contributed by atoms with Crippen molar-refractivity contribution in [1.29, 1.82) is 0 Å². The lowest BCUT2D eigenvalue weighted by atomic mass is 9.90. The van der Waals surface area contributed by atoms with Crippen molar-refractivity contribution in [2.75, 3.05) is 18.0 Å². The van der Waals surface area contributed by atoms with Gasteiger partial charge in [-0.3, -0.25) is 4.79 Å². The molecule has 0 amide bonds. The zero-order valence-corrected chi connectivity index (χ0v) is 22.1. The molecule has 1 aliphatic heterocycles. The van der Waals surface area contributed by atoms with Crippen molar-refractivity contribution in [3.8, 4) is 0 Å². The molecule has 33 heavy (non-hydrogen) atoms. The first-order chi connectivity index (χ1) is 15.5. The summed E-state index contributed by atoms with van der Waals surface area (Å²) in [5.74, 6) is -0.118. The highest BCUT2D eigenvalue weighted by atomic mass is 32.1. The number of hydrogen-bond acceptors (Lipinski definition) is 9. The number of azo groups is 1. The molecular formula is C23H32N6O2S2. The minimum absolute atomic E-state index is 0.0533. The van der Waals surface area contributed by atoms with Crippen molar-refractivity contribution < 1.29 is 9.53 Å². The molecule has 2 aromatic rings. The van der Waals surface area contributed by atoms with E-state index in [4.69, 9.17) is 16.3 Å². The van der Waals surface area contributed by atoms with Crippen LogP contribution in [0.3, 0.4) is 0 Å². The highest BCUT2D eigenvalue weighted by Gasteiger charge is 2.32. The van der Waals surface area contributed by atoms with Gasteiger partial charge in [0.2, 0.25) is 5.69 Å². The first kappa shape index (κ1) is 25.2. The van der Waals surface area contributed by atoms with E-state index in [9.17, 15) is 4.79 Å². The van der Waals surface area contributed by atoms with Crippen LogP contribution in [-0.2, 0) is 14.9 Å². The molecular weight excluding hydrogens is 456 g/mol. The maximum atomic E-state index is 12.4. The average Bonchev–Trinajstić information content (AvgIpc) is 3.35. The summed E-state index contributed by atoms with van der Waals surface area (Å²) in [6.45, 7) is 22.9. The number of piperidine rings is 1. The largest absolute Gasteiger partial charge is 0.462 e. The van der Waals surface area contributed by atoms with Crippen LogP contribution in [0.1, 0.15) is 72.2 Å². The monoisotopic (exact) mass is 488 g/mol. The lowest BCUT2D eigenvalue weighted by Crippen LogP contribution is -2.39. The highest BCUT2D eigenvalue weighted by Crippen LogP contribution is 2.43. The predicted octanol–water partition coefficient (Wildman–Crippen LogP) is 7.12. The van der Waals surface area contributed by atoms with Crippen LogP contribution in [0.2, 0.25) is 0 Å². The van der Waals surface area contributed by atoms with Gasteiger partial charge in [0.1, 0.15) is 6.10 Å². The molecule has 0 radical (unpaired) electrons. The Hall–Kier alpha value is -2.38. The number of rotatable bonds is 6. The smallest absolute Gasteiger partial charge is 0.311 e. The number of aromatic nitrogens is 2. The van der Waals surface area contributed by atoms with Gasteiger partial charge in [-0.2, -0.15) is 0 Å². The first-order valence-electron chi connectivity index (χ1n) is 11.2. The minimum Gasteiger partial charge on any atom is -0.462 e. The third-order valence-electron chi connectivity index (χ3n) is 5.89. The van der Waals surface area contributed by atoms with E-state index in [1.54, 1.807) is 6.92 Å². The van der Waals surface area contributed by atoms with Gasteiger partial charge in [-0.25, -0.2) is 14.2 Å². The van der Waals surface area contributed by atoms with E-state index in [2.05, 4.69) is 45.1 Å². The second kappa shape index (κ2) is 9.85. The molecule has 0 saturated carbocycles. The Bertz CT molecular complexity index is 1070. The van der Waals surface area contributed by atoms with Crippen molar-refractivity contribution in [2.45, 2.75) is 79.2 Å². The number of thiazole rings is 1. The van der Waals surface area contributed by atoms with E-state index >= 15 is 0 Å². The molecule has 3 rings (SSSR count). The van der Waals surface area contributed by atoms with Gasteiger partial charge in [-0.05, 0) is 38.7 Å². The zero-order chi connectivity index (χ0) is 24.4. The van der Waals surface area contributed by atoms with Gasteiger partial charge in [-0.15, -0.1) is 10.2 Å². The molecule has 0 spiro atoms. The van der Waals surface area contributed by atoms with Crippen molar-refractivity contribution in [2.24, 2.45) is 15.6 Å². The van der Waals surface area contributed by atoms with Gasteiger partial charge in [0, 0.05) is 31.3 Å². The fourth-order valence-electron chi connectivity index (χ4n) is 3.25. The molecule has 1 saturated heterocycles. The topological polar surface area (TPSA) is 84.4 Å². The van der Waals surface area contributed by atoms with E-state index in [0.717, 1.165) is 48.2 Å². The van der Waals surface area contributed by atoms with E-state index in [1.807, 2.05) is 20.8 Å². The predicted molar refractivity (Wildman–Crippen MR) is 134 cm³/mol. The highest BCUT2D eigenvalue weighted by molar-refractivity contribution is 7.19. The summed E-state index contributed by atoms with van der Waals surface area (Å²) in [6, 6.07) is 0. The Balaban J connectivity index is 1.75. The van der Waals surface area contributed by atoms with E-state index in [0.29, 0.717) is 16.4 Å². The summed E-state index contributed by atoms with van der Waals surface area (Å²) in [7, 11) is 0. The summed E-state index contributed by atoms with van der Waals surface area (Å²) in [4.78, 5) is 23.1. The van der Waals surface area contributed by atoms with Crippen molar-refractivity contribution >= 4 is 49.7 Å². The molecule has 1 fully saturated rings. The van der Waals surface area contributed by atoms with Crippen molar-refractivity contribution in [1.82, 2.24) is 9.36 Å². The second-order valence-electron chi connectivity index (χ2n) is 9.96. The first-order valence-corrected chi connectivity index (χ1v) is 12.8. The number of carbonyl (C=O) groups is 1. The van der Waals surface area contributed by atoms with Gasteiger partial charge in [0.15, 0.2) is 15.1 Å². The van der Waals surface area contributed by atoms with Crippen LogP contribution in [0.15, 0.2) is 10.2 Å². The molecule has 0 bridgehead atoms. The summed E-state index contributed by atoms with van der Waals surface area (Å²) < 4.78 is 10.00. The SMILES string of the molecule is [C-]#[N+]c1c(C)nsc1/N=N/c1sc(N2CCC(OC(=O)C(C)(C)CC)CC2)nc1C(C)(C)C. The van der Waals surface area contributed by atoms with E-state index < -0.39 is 5.41 Å². The average molecular weight is 489 g/mol. The fraction of sp³-hybridized carbons (Fsp3) is 0.652. The van der Waals surface area contributed by atoms with Gasteiger partial charge in [0.25, 0.3) is 0 Å². The van der Waals surface area contributed by atoms with Crippen LogP contribution in [0, 0.1) is 18.9 Å². The number of hydrogen-bond donors (Lipinski definition) is 0. The molecule has 8 nitrogen and oxygen atoms in total. The third kappa shape index (κ3) is 5.76. The summed E-state index contributed by atoms with van der Waals surface area (Å²) in [5.41, 5.74) is 1.37. The molecule has 0 aromatic carbocycles. The molecule has 178 valence electrons. The summed E-state index contributed by atoms with van der Waals surface area (Å²) in [5, 5.41) is 11.0. The van der Waals surface area contributed by atoms with Crippen molar-refractivity contribution in [3.63, 3.8) is 0 Å². The Morgan fingerprint density at radius 2 is 1.85 bits per heavy atom. The van der Waals surface area contributed by atoms with Gasteiger partial charge in [-0.1, -0.05) is 39.0 Å². The number of nitrogens with zero attached hydrogens (tertiary/aromatic N) is 6. The lowest BCUT2D eigenvalue weighted by molar-refractivity contribution is -0.160. The quantitative estimate of drug-likeness (QED) is 0.245. The maximum Gasteiger partial charge on any atom is 0.311 e. The molecule has 0 unspecified atom stereocenters. The molecule has 0 N–H and O–H groups in total. The Kier molecular flexibility index (Phi) is 7.54. The Morgan fingerprint density at radius 1 is 1.21 bits per heavy atom. The van der Waals surface area contributed by atoms with Crippen molar-refractivity contribution in [3.05, 3.63) is 22.8 Å². The van der Waals surface area contributed by atoms with Crippen LogP contribution in [-0.4, -0.2) is 34.5 Å². The van der Waals surface area contributed by atoms with Crippen LogP contribution in [0.4, 0.5) is 20.8 Å². The molecule has 2 aromatic heterocycles. The number of aryl methyl sites for hydroxylation is 1. The minimum atomic E-state index is -0.447. The molecule has 3 heterocycles. The maximum absolute atomic E-state index is 12.4. The molecule has 10 heteroatoms. The van der Waals surface area contributed by atoms with Crippen LogP contribution in [0.25, 0.3) is 4.85 Å². The second-order valence-corrected chi connectivity index (χ2v) is 11.7.